The van der Waals surface area contributed by atoms with E-state index in [1.54, 1.807) is 0 Å². The van der Waals surface area contributed by atoms with E-state index in [9.17, 15) is 0 Å². The van der Waals surface area contributed by atoms with Crippen LogP contribution in [-0.2, 0) is 19.5 Å². The van der Waals surface area contributed by atoms with Crippen molar-refractivity contribution in [3.05, 3.63) is 13.8 Å². The molecule has 0 rings (SSSR count). The van der Waals surface area contributed by atoms with Crippen LogP contribution in [-0.4, -0.2) is 49.1 Å². The van der Waals surface area contributed by atoms with E-state index in [4.69, 9.17) is 0 Å². The maximum atomic E-state index is 3.81. The molecule has 0 aromatic rings. The molecular weight excluding hydrogens is 262 g/mol. The maximum absolute atomic E-state index is 3.81. The second-order valence-corrected chi connectivity index (χ2v) is 4.33. The van der Waals surface area contributed by atoms with Gasteiger partial charge in [0.1, 0.15) is 0 Å². The minimum absolute atomic E-state index is 0. The third-order valence-electron chi connectivity index (χ3n) is 2.66. The molecule has 0 fully saturated rings. The van der Waals surface area contributed by atoms with Gasteiger partial charge in [-0.25, -0.2) is 0 Å². The zero-order chi connectivity index (χ0) is 13.0. The smallest absolute Gasteiger partial charge is 0.342 e. The van der Waals surface area contributed by atoms with Crippen molar-refractivity contribution < 1.29 is 19.5 Å². The van der Waals surface area contributed by atoms with Crippen molar-refractivity contribution in [3.63, 3.8) is 0 Å². The molecule has 3 heteroatoms. The molecule has 17 heavy (non-hydrogen) atoms. The molecule has 0 unspecified atom stereocenters. The zero-order valence-electron chi connectivity index (χ0n) is 12.8. The molecule has 0 amide bonds. The van der Waals surface area contributed by atoms with Crippen molar-refractivity contribution in [2.45, 2.75) is 46.6 Å². The monoisotopic (exact) mass is 292 g/mol. The van der Waals surface area contributed by atoms with E-state index in [0.717, 1.165) is 39.0 Å². The van der Waals surface area contributed by atoms with E-state index in [-0.39, 0.29) is 19.5 Å². The molecule has 0 saturated heterocycles. The summed E-state index contributed by atoms with van der Waals surface area (Å²) in [7, 11) is 2.10. The van der Waals surface area contributed by atoms with Crippen LogP contribution in [0.25, 0.3) is 0 Å². The SMILES string of the molecule is [CH2-]CCN(C)CC.[CH2-]CCN(CC)C(C)C.[Zn+2]. The Balaban J connectivity index is -0.000000224. The first-order chi connectivity index (χ1) is 7.53. The van der Waals surface area contributed by atoms with Gasteiger partial charge in [-0.1, -0.05) is 13.8 Å². The van der Waals surface area contributed by atoms with Crippen molar-refractivity contribution in [2.24, 2.45) is 0 Å². The van der Waals surface area contributed by atoms with E-state index >= 15 is 0 Å². The standard InChI is InChI=1S/C8H18N.C6H14N.Zn/c1-5-7-9(6-2)8(3)4;1-4-6-7(3)5-2;/h8H,1,5-7H2,2-4H3;1,4-6H2,2-3H3;/q2*-1;+2. The van der Waals surface area contributed by atoms with E-state index in [1.807, 2.05) is 0 Å². The molecule has 100 valence electrons. The van der Waals surface area contributed by atoms with Gasteiger partial charge >= 0.3 is 19.5 Å². The van der Waals surface area contributed by atoms with Crippen LogP contribution in [0.4, 0.5) is 0 Å². The van der Waals surface area contributed by atoms with Gasteiger partial charge in [0.25, 0.3) is 0 Å². The van der Waals surface area contributed by atoms with Crippen LogP contribution in [0.3, 0.4) is 0 Å². The molecule has 2 nitrogen and oxygen atoms in total. The zero-order valence-corrected chi connectivity index (χ0v) is 15.8. The van der Waals surface area contributed by atoms with E-state index in [2.05, 4.69) is 58.4 Å². The molecule has 0 N–H and O–H groups in total. The fourth-order valence-corrected chi connectivity index (χ4v) is 1.41. The van der Waals surface area contributed by atoms with Crippen LogP contribution in [0.15, 0.2) is 0 Å². The summed E-state index contributed by atoms with van der Waals surface area (Å²) in [6, 6.07) is 0.678. The van der Waals surface area contributed by atoms with Gasteiger partial charge in [-0.05, 0) is 47.1 Å². The summed E-state index contributed by atoms with van der Waals surface area (Å²) in [5.74, 6) is 0. The van der Waals surface area contributed by atoms with Crippen LogP contribution in [0.5, 0.6) is 0 Å². The summed E-state index contributed by atoms with van der Waals surface area (Å²) >= 11 is 0. The first-order valence-electron chi connectivity index (χ1n) is 6.54. The third kappa shape index (κ3) is 16.5. The average molecular weight is 294 g/mol. The van der Waals surface area contributed by atoms with Crippen molar-refractivity contribution in [3.8, 4) is 0 Å². The Hall–Kier alpha value is 0.543. The van der Waals surface area contributed by atoms with E-state index in [0.29, 0.717) is 6.04 Å². The fraction of sp³-hybridized carbons (Fsp3) is 0.857. The molecule has 0 aliphatic heterocycles. The molecule has 0 aliphatic carbocycles. The van der Waals surface area contributed by atoms with Crippen LogP contribution >= 0.6 is 0 Å². The third-order valence-corrected chi connectivity index (χ3v) is 2.66. The summed E-state index contributed by atoms with van der Waals surface area (Å²) in [5, 5.41) is 0. The Morgan fingerprint density at radius 3 is 1.53 bits per heavy atom. The van der Waals surface area contributed by atoms with Gasteiger partial charge < -0.3 is 23.6 Å². The van der Waals surface area contributed by atoms with E-state index < -0.39 is 0 Å². The van der Waals surface area contributed by atoms with E-state index in [1.165, 1.54) is 0 Å². The first-order valence-corrected chi connectivity index (χ1v) is 6.54. The van der Waals surface area contributed by atoms with Crippen LogP contribution in [0, 0.1) is 13.8 Å². The first kappa shape index (κ1) is 22.7. The van der Waals surface area contributed by atoms with Gasteiger partial charge in [-0.15, -0.1) is 0 Å². The molecule has 0 bridgehead atoms. The minimum Gasteiger partial charge on any atom is -0.342 e. The molecule has 0 heterocycles. The summed E-state index contributed by atoms with van der Waals surface area (Å²) in [5.41, 5.74) is 0. The van der Waals surface area contributed by atoms with Crippen LogP contribution in [0.2, 0.25) is 0 Å². The van der Waals surface area contributed by atoms with Gasteiger partial charge in [0.15, 0.2) is 0 Å². The molecule has 0 aromatic heterocycles. The van der Waals surface area contributed by atoms with Gasteiger partial charge in [-0.3, -0.25) is 0 Å². The minimum atomic E-state index is 0. The predicted molar refractivity (Wildman–Crippen MR) is 75.5 cm³/mol. The Kier molecular flexibility index (Phi) is 22.1. The largest absolute Gasteiger partial charge is 2.00 e. The van der Waals surface area contributed by atoms with Gasteiger partial charge in [0.05, 0.1) is 0 Å². The number of rotatable bonds is 7. The number of hydrogen-bond acceptors (Lipinski definition) is 2. The molecule has 0 atom stereocenters. The second-order valence-electron chi connectivity index (χ2n) is 4.33. The van der Waals surface area contributed by atoms with Crippen molar-refractivity contribution in [1.29, 1.82) is 0 Å². The summed E-state index contributed by atoms with van der Waals surface area (Å²) < 4.78 is 0. The quantitative estimate of drug-likeness (QED) is 0.526. The number of nitrogens with zero attached hydrogens (tertiary/aromatic N) is 2. The summed E-state index contributed by atoms with van der Waals surface area (Å²) in [4.78, 5) is 4.65. The van der Waals surface area contributed by atoms with Crippen molar-refractivity contribution in [2.75, 3.05) is 33.2 Å². The summed E-state index contributed by atoms with van der Waals surface area (Å²) in [6.45, 7) is 20.9. The second kappa shape index (κ2) is 16.5. The van der Waals surface area contributed by atoms with Gasteiger partial charge in [0.2, 0.25) is 0 Å². The van der Waals surface area contributed by atoms with Crippen LogP contribution < -0.4 is 0 Å². The average Bonchev–Trinajstić information content (AvgIpc) is 2.26. The Bertz CT molecular complexity index is 129. The number of hydrogen-bond donors (Lipinski definition) is 0. The Morgan fingerprint density at radius 2 is 1.41 bits per heavy atom. The van der Waals surface area contributed by atoms with Gasteiger partial charge in [0, 0.05) is 6.04 Å². The molecule has 0 saturated carbocycles. The van der Waals surface area contributed by atoms with Crippen molar-refractivity contribution in [1.82, 2.24) is 9.80 Å². The van der Waals surface area contributed by atoms with Crippen LogP contribution in [0.1, 0.15) is 40.5 Å². The maximum Gasteiger partial charge on any atom is 2.00 e. The fourth-order valence-electron chi connectivity index (χ4n) is 1.41. The molecule has 0 aliphatic rings. The Morgan fingerprint density at radius 1 is 0.941 bits per heavy atom. The van der Waals surface area contributed by atoms with Gasteiger partial charge in [-0.2, -0.15) is 12.8 Å². The predicted octanol–water partition coefficient (Wildman–Crippen LogP) is 3.10. The molecule has 0 radical (unpaired) electrons. The molecular formula is C14H32N2Zn. The summed E-state index contributed by atoms with van der Waals surface area (Å²) in [6.07, 6.45) is 2.04. The Labute approximate surface area is 123 Å². The topological polar surface area (TPSA) is 6.48 Å². The molecule has 0 aromatic carbocycles. The van der Waals surface area contributed by atoms with Crippen molar-refractivity contribution >= 4 is 0 Å². The molecule has 0 spiro atoms. The normalized spacial score (nSPS) is 10.2.